The molecule has 0 unspecified atom stereocenters. The molecule has 0 amide bonds. The third kappa shape index (κ3) is 2.77. The maximum absolute atomic E-state index is 11.2. The molecule has 0 spiro atoms. The van der Waals surface area contributed by atoms with E-state index in [0.29, 0.717) is 5.56 Å². The fourth-order valence-corrected chi connectivity index (χ4v) is 2.29. The molecule has 1 aromatic heterocycles. The first-order chi connectivity index (χ1) is 7.98. The minimum absolute atomic E-state index is 0.0672. The lowest BCUT2D eigenvalue weighted by Crippen LogP contribution is -1.94. The summed E-state index contributed by atoms with van der Waals surface area (Å²) in [5, 5.41) is 0.236. The van der Waals surface area contributed by atoms with E-state index in [9.17, 15) is 8.42 Å². The van der Waals surface area contributed by atoms with Crippen LogP contribution in [-0.2, 0) is 9.05 Å². The Morgan fingerprint density at radius 1 is 1.12 bits per heavy atom. The Morgan fingerprint density at radius 2 is 1.76 bits per heavy atom. The van der Waals surface area contributed by atoms with Crippen LogP contribution in [0.1, 0.15) is 0 Å². The quantitative estimate of drug-likeness (QED) is 0.629. The van der Waals surface area contributed by atoms with Gasteiger partial charge in [0.25, 0.3) is 9.05 Å². The second-order valence-corrected chi connectivity index (χ2v) is 6.24. The second kappa shape index (κ2) is 4.64. The molecule has 0 aliphatic rings. The minimum Gasteiger partial charge on any atom is -0.243 e. The molecule has 0 aliphatic heterocycles. The zero-order chi connectivity index (χ0) is 12.5. The zero-order valence-corrected chi connectivity index (χ0v) is 10.8. The van der Waals surface area contributed by atoms with Crippen LogP contribution in [0.4, 0.5) is 0 Å². The Labute approximate surface area is 108 Å². The van der Waals surface area contributed by atoms with Gasteiger partial charge in [0.05, 0.1) is 0 Å². The van der Waals surface area contributed by atoms with Crippen LogP contribution < -0.4 is 0 Å². The van der Waals surface area contributed by atoms with E-state index in [1.807, 2.05) is 30.3 Å². The second-order valence-electron chi connectivity index (χ2n) is 3.31. The van der Waals surface area contributed by atoms with E-state index >= 15 is 0 Å². The van der Waals surface area contributed by atoms with E-state index in [0.717, 1.165) is 11.8 Å². The smallest absolute Gasteiger partial charge is 0.243 e. The molecule has 17 heavy (non-hydrogen) atoms. The Hall–Kier alpha value is -1.10. The fraction of sp³-hybridized carbons (Fsp3) is 0. The van der Waals surface area contributed by atoms with Gasteiger partial charge in [-0.05, 0) is 11.6 Å². The highest BCUT2D eigenvalue weighted by molar-refractivity contribution is 8.13. The van der Waals surface area contributed by atoms with Gasteiger partial charge in [0.15, 0.2) is 0 Å². The zero-order valence-electron chi connectivity index (χ0n) is 8.47. The predicted octanol–water partition coefficient (Wildman–Crippen LogP) is 3.33. The topological polar surface area (TPSA) is 47.0 Å². The molecule has 0 atom stereocenters. The van der Waals surface area contributed by atoms with Crippen molar-refractivity contribution in [2.75, 3.05) is 0 Å². The molecule has 6 heteroatoms. The summed E-state index contributed by atoms with van der Waals surface area (Å²) in [5.74, 6) is 0. The highest BCUT2D eigenvalue weighted by atomic mass is 35.7. The maximum Gasteiger partial charge on any atom is 0.262 e. The van der Waals surface area contributed by atoms with Crippen LogP contribution in [-0.4, -0.2) is 13.4 Å². The molecule has 1 aromatic carbocycles. The van der Waals surface area contributed by atoms with Crippen molar-refractivity contribution in [2.45, 2.75) is 4.90 Å². The van der Waals surface area contributed by atoms with Gasteiger partial charge in [0.2, 0.25) is 0 Å². The fourth-order valence-electron chi connectivity index (χ4n) is 1.38. The molecule has 0 N–H and O–H groups in total. The van der Waals surface area contributed by atoms with Crippen LogP contribution in [0.5, 0.6) is 0 Å². The molecule has 1 heterocycles. The van der Waals surface area contributed by atoms with Crippen LogP contribution in [0.25, 0.3) is 11.1 Å². The number of halogens is 2. The summed E-state index contributed by atoms with van der Waals surface area (Å²) in [6.45, 7) is 0. The van der Waals surface area contributed by atoms with Crippen LogP contribution in [0, 0.1) is 0 Å². The first kappa shape index (κ1) is 12.4. The van der Waals surface area contributed by atoms with Crippen LogP contribution >= 0.6 is 22.3 Å². The summed E-state index contributed by atoms with van der Waals surface area (Å²) < 4.78 is 22.4. The van der Waals surface area contributed by atoms with E-state index in [1.165, 1.54) is 6.07 Å². The third-order valence-corrected chi connectivity index (χ3v) is 3.80. The molecular weight excluding hydrogens is 281 g/mol. The van der Waals surface area contributed by atoms with E-state index in [2.05, 4.69) is 4.98 Å². The number of hydrogen-bond acceptors (Lipinski definition) is 3. The lowest BCUT2D eigenvalue weighted by atomic mass is 10.1. The summed E-state index contributed by atoms with van der Waals surface area (Å²) in [6, 6.07) is 10.5. The first-order valence-corrected chi connectivity index (χ1v) is 7.33. The van der Waals surface area contributed by atoms with Crippen LogP contribution in [0.3, 0.4) is 0 Å². The van der Waals surface area contributed by atoms with Gasteiger partial charge < -0.3 is 0 Å². The third-order valence-electron chi connectivity index (χ3n) is 2.18. The van der Waals surface area contributed by atoms with Gasteiger partial charge in [-0.25, -0.2) is 13.4 Å². The Balaban J connectivity index is 2.63. The van der Waals surface area contributed by atoms with Crippen LogP contribution in [0.15, 0.2) is 47.5 Å². The van der Waals surface area contributed by atoms with E-state index < -0.39 is 9.05 Å². The first-order valence-electron chi connectivity index (χ1n) is 4.64. The standard InChI is InChI=1S/C11H7Cl2NO2S/c12-11-10(8-4-2-1-3-5-8)6-9(7-14-11)17(13,15)16/h1-7H. The van der Waals surface area contributed by atoms with Crippen molar-refractivity contribution in [3.05, 3.63) is 47.7 Å². The molecular formula is C11H7Cl2NO2S. The molecule has 0 aliphatic carbocycles. The summed E-state index contributed by atoms with van der Waals surface area (Å²) >= 11 is 5.93. The molecule has 2 aromatic rings. The van der Waals surface area contributed by atoms with Gasteiger partial charge in [-0.1, -0.05) is 41.9 Å². The number of pyridine rings is 1. The van der Waals surface area contributed by atoms with E-state index in [-0.39, 0.29) is 10.0 Å². The Kier molecular flexibility index (Phi) is 3.38. The lowest BCUT2D eigenvalue weighted by molar-refractivity contribution is 0.609. The number of nitrogens with zero attached hydrogens (tertiary/aromatic N) is 1. The SMILES string of the molecule is O=S(=O)(Cl)c1cnc(Cl)c(-c2ccccc2)c1. The van der Waals surface area contributed by atoms with Crippen molar-refractivity contribution in [2.24, 2.45) is 0 Å². The lowest BCUT2D eigenvalue weighted by Gasteiger charge is -2.05. The molecule has 0 radical (unpaired) electrons. The van der Waals surface area contributed by atoms with Gasteiger partial charge >= 0.3 is 0 Å². The summed E-state index contributed by atoms with van der Waals surface area (Å²) in [7, 11) is 1.46. The average molecular weight is 288 g/mol. The van der Waals surface area contributed by atoms with Gasteiger partial charge in [-0.15, -0.1) is 0 Å². The van der Waals surface area contributed by atoms with Crippen molar-refractivity contribution < 1.29 is 8.42 Å². The highest BCUT2D eigenvalue weighted by Gasteiger charge is 2.14. The maximum atomic E-state index is 11.2. The molecule has 0 fully saturated rings. The van der Waals surface area contributed by atoms with Crippen molar-refractivity contribution in [3.63, 3.8) is 0 Å². The van der Waals surface area contributed by atoms with Gasteiger partial charge in [0.1, 0.15) is 10.0 Å². The number of rotatable bonds is 2. The Morgan fingerprint density at radius 3 is 2.35 bits per heavy atom. The molecule has 0 bridgehead atoms. The number of aromatic nitrogens is 1. The average Bonchev–Trinajstić information content (AvgIpc) is 2.29. The predicted molar refractivity (Wildman–Crippen MR) is 67.7 cm³/mol. The molecule has 0 saturated heterocycles. The molecule has 0 saturated carbocycles. The normalized spacial score (nSPS) is 11.4. The van der Waals surface area contributed by atoms with Crippen LogP contribution in [0.2, 0.25) is 5.15 Å². The molecule has 2 rings (SSSR count). The summed E-state index contributed by atoms with van der Waals surface area (Å²) in [6.07, 6.45) is 1.14. The number of benzene rings is 1. The Bertz CT molecular complexity index is 642. The van der Waals surface area contributed by atoms with Gasteiger partial charge in [0, 0.05) is 22.4 Å². The monoisotopic (exact) mass is 287 g/mol. The van der Waals surface area contributed by atoms with E-state index in [4.69, 9.17) is 22.3 Å². The summed E-state index contributed by atoms with van der Waals surface area (Å²) in [5.41, 5.74) is 1.32. The van der Waals surface area contributed by atoms with Crippen molar-refractivity contribution in [1.29, 1.82) is 0 Å². The van der Waals surface area contributed by atoms with Gasteiger partial charge in [-0.3, -0.25) is 0 Å². The molecule has 3 nitrogen and oxygen atoms in total. The number of hydrogen-bond donors (Lipinski definition) is 0. The molecule has 88 valence electrons. The van der Waals surface area contributed by atoms with Crippen molar-refractivity contribution >= 4 is 31.3 Å². The van der Waals surface area contributed by atoms with Crippen molar-refractivity contribution in [1.82, 2.24) is 4.98 Å². The minimum atomic E-state index is -3.80. The van der Waals surface area contributed by atoms with Gasteiger partial charge in [-0.2, -0.15) is 0 Å². The largest absolute Gasteiger partial charge is 0.262 e. The van der Waals surface area contributed by atoms with Crippen molar-refractivity contribution in [3.8, 4) is 11.1 Å². The highest BCUT2D eigenvalue weighted by Crippen LogP contribution is 2.29. The van der Waals surface area contributed by atoms with E-state index in [1.54, 1.807) is 0 Å². The summed E-state index contributed by atoms with van der Waals surface area (Å²) in [4.78, 5) is 3.76.